The minimum atomic E-state index is -4.53. The van der Waals surface area contributed by atoms with Gasteiger partial charge in [-0.1, -0.05) is 20.8 Å². The van der Waals surface area contributed by atoms with E-state index in [4.69, 9.17) is 5.26 Å². The van der Waals surface area contributed by atoms with E-state index in [2.05, 4.69) is 9.97 Å². The van der Waals surface area contributed by atoms with Gasteiger partial charge < -0.3 is 0 Å². The van der Waals surface area contributed by atoms with Crippen molar-refractivity contribution in [1.82, 2.24) is 14.4 Å². The first-order chi connectivity index (χ1) is 8.64. The number of aromatic nitrogens is 3. The molecule has 0 aliphatic heterocycles. The molecule has 2 aromatic heterocycles. The fourth-order valence-corrected chi connectivity index (χ4v) is 1.73. The van der Waals surface area contributed by atoms with Crippen molar-refractivity contribution in [3.05, 3.63) is 29.5 Å². The quantitative estimate of drug-likeness (QED) is 0.738. The van der Waals surface area contributed by atoms with Gasteiger partial charge in [0.15, 0.2) is 0 Å². The van der Waals surface area contributed by atoms with E-state index in [1.807, 2.05) is 26.8 Å². The van der Waals surface area contributed by atoms with E-state index in [9.17, 15) is 13.2 Å². The maximum atomic E-state index is 12.6. The van der Waals surface area contributed by atoms with Crippen LogP contribution in [-0.2, 0) is 11.6 Å². The third-order valence-corrected chi connectivity index (χ3v) is 2.62. The Morgan fingerprint density at radius 3 is 2.37 bits per heavy atom. The molecule has 0 aliphatic carbocycles. The molecular weight excluding hydrogens is 257 g/mol. The molecule has 0 fully saturated rings. The summed E-state index contributed by atoms with van der Waals surface area (Å²) in [6, 6.07) is 2.81. The second kappa shape index (κ2) is 3.95. The highest BCUT2D eigenvalue weighted by atomic mass is 19.4. The van der Waals surface area contributed by atoms with Crippen molar-refractivity contribution in [2.24, 2.45) is 0 Å². The Bertz CT molecular complexity index is 671. The summed E-state index contributed by atoms with van der Waals surface area (Å²) >= 11 is 0. The van der Waals surface area contributed by atoms with Crippen molar-refractivity contribution in [3.63, 3.8) is 0 Å². The van der Waals surface area contributed by atoms with Crippen LogP contribution in [0.1, 0.15) is 37.9 Å². The molecule has 2 rings (SSSR count). The van der Waals surface area contributed by atoms with Gasteiger partial charge in [-0.2, -0.15) is 18.4 Å². The van der Waals surface area contributed by atoms with Crippen molar-refractivity contribution in [2.45, 2.75) is 32.4 Å². The molecule has 0 saturated heterocycles. The average molecular weight is 268 g/mol. The van der Waals surface area contributed by atoms with Crippen molar-refractivity contribution in [3.8, 4) is 6.07 Å². The average Bonchev–Trinajstić information content (AvgIpc) is 2.64. The van der Waals surface area contributed by atoms with Crippen LogP contribution < -0.4 is 0 Å². The number of hydrogen-bond donors (Lipinski definition) is 0. The molecule has 100 valence electrons. The van der Waals surface area contributed by atoms with E-state index in [0.717, 1.165) is 12.4 Å². The molecule has 19 heavy (non-hydrogen) atoms. The SMILES string of the molecule is CC(C)(C)c1nc2cc(C(F)(F)F)ncn2c1C#N. The van der Waals surface area contributed by atoms with Crippen molar-refractivity contribution < 1.29 is 13.2 Å². The predicted octanol–water partition coefficient (Wildman–Crippen LogP) is 2.92. The maximum absolute atomic E-state index is 12.6. The molecule has 0 aromatic carbocycles. The molecule has 0 bridgehead atoms. The largest absolute Gasteiger partial charge is 0.433 e. The summed E-state index contributed by atoms with van der Waals surface area (Å²) in [6.45, 7) is 5.52. The molecule has 4 nitrogen and oxygen atoms in total. The first-order valence-electron chi connectivity index (χ1n) is 5.50. The number of nitrogens with zero attached hydrogens (tertiary/aromatic N) is 4. The molecule has 2 heterocycles. The predicted molar refractivity (Wildman–Crippen MR) is 61.4 cm³/mol. The molecule has 0 N–H and O–H groups in total. The Kier molecular flexibility index (Phi) is 2.77. The monoisotopic (exact) mass is 268 g/mol. The van der Waals surface area contributed by atoms with E-state index in [1.54, 1.807) is 0 Å². The molecular formula is C12H11F3N4. The summed E-state index contributed by atoms with van der Waals surface area (Å²) in [7, 11) is 0. The van der Waals surface area contributed by atoms with Gasteiger partial charge in [-0.15, -0.1) is 0 Å². The Hall–Kier alpha value is -2.10. The lowest BCUT2D eigenvalue weighted by Crippen LogP contribution is -2.13. The van der Waals surface area contributed by atoms with Crippen molar-refractivity contribution in [2.75, 3.05) is 0 Å². The Morgan fingerprint density at radius 2 is 1.89 bits per heavy atom. The van der Waals surface area contributed by atoms with Crippen LogP contribution in [-0.4, -0.2) is 14.4 Å². The molecule has 0 atom stereocenters. The second-order valence-electron chi connectivity index (χ2n) is 5.17. The van der Waals surface area contributed by atoms with Crippen LogP contribution in [0.4, 0.5) is 13.2 Å². The molecule has 0 aliphatic rings. The van der Waals surface area contributed by atoms with Gasteiger partial charge in [0.1, 0.15) is 29.4 Å². The number of alkyl halides is 3. The summed E-state index contributed by atoms with van der Waals surface area (Å²) in [5.74, 6) is 0. The third kappa shape index (κ3) is 2.26. The summed E-state index contributed by atoms with van der Waals surface area (Å²) < 4.78 is 39.0. The minimum absolute atomic E-state index is 0.0730. The number of halogens is 3. The molecule has 2 aromatic rings. The van der Waals surface area contributed by atoms with Crippen molar-refractivity contribution >= 4 is 5.65 Å². The van der Waals surface area contributed by atoms with Crippen LogP contribution in [0.25, 0.3) is 5.65 Å². The smallest absolute Gasteiger partial charge is 0.274 e. The Balaban J connectivity index is 2.74. The minimum Gasteiger partial charge on any atom is -0.274 e. The van der Waals surface area contributed by atoms with E-state index < -0.39 is 17.3 Å². The van der Waals surface area contributed by atoms with Gasteiger partial charge in [0, 0.05) is 11.5 Å². The summed E-state index contributed by atoms with van der Waals surface area (Å²) in [5.41, 5.74) is -0.714. The highest BCUT2D eigenvalue weighted by Crippen LogP contribution is 2.30. The normalized spacial score (nSPS) is 12.7. The molecule has 7 heteroatoms. The fourth-order valence-electron chi connectivity index (χ4n) is 1.73. The fraction of sp³-hybridized carbons (Fsp3) is 0.417. The van der Waals surface area contributed by atoms with Gasteiger partial charge >= 0.3 is 6.18 Å². The van der Waals surface area contributed by atoms with Crippen LogP contribution in [0.2, 0.25) is 0 Å². The molecule has 0 unspecified atom stereocenters. The Morgan fingerprint density at radius 1 is 1.26 bits per heavy atom. The zero-order valence-electron chi connectivity index (χ0n) is 10.6. The molecule has 0 saturated carbocycles. The van der Waals surface area contributed by atoms with Gasteiger partial charge in [-0.3, -0.25) is 4.40 Å². The van der Waals surface area contributed by atoms with Gasteiger partial charge in [0.05, 0.1) is 5.69 Å². The van der Waals surface area contributed by atoms with Gasteiger partial charge in [-0.25, -0.2) is 9.97 Å². The van der Waals surface area contributed by atoms with Crippen LogP contribution >= 0.6 is 0 Å². The van der Waals surface area contributed by atoms with E-state index in [-0.39, 0.29) is 11.3 Å². The van der Waals surface area contributed by atoms with Crippen LogP contribution in [0.3, 0.4) is 0 Å². The topological polar surface area (TPSA) is 54.0 Å². The first kappa shape index (κ1) is 13.3. The van der Waals surface area contributed by atoms with E-state index in [1.165, 1.54) is 4.40 Å². The summed E-state index contributed by atoms with van der Waals surface area (Å²) in [6.07, 6.45) is -3.54. The van der Waals surface area contributed by atoms with Gasteiger partial charge in [0.2, 0.25) is 0 Å². The lowest BCUT2D eigenvalue weighted by atomic mass is 9.91. The lowest BCUT2D eigenvalue weighted by molar-refractivity contribution is -0.141. The number of hydrogen-bond acceptors (Lipinski definition) is 3. The highest BCUT2D eigenvalue weighted by Gasteiger charge is 2.33. The zero-order chi connectivity index (χ0) is 14.4. The zero-order valence-corrected chi connectivity index (χ0v) is 10.6. The van der Waals surface area contributed by atoms with E-state index >= 15 is 0 Å². The van der Waals surface area contributed by atoms with Crippen LogP contribution in [0.15, 0.2) is 12.4 Å². The summed E-state index contributed by atoms with van der Waals surface area (Å²) in [4.78, 5) is 7.46. The van der Waals surface area contributed by atoms with Crippen LogP contribution in [0.5, 0.6) is 0 Å². The standard InChI is InChI=1S/C12H11F3N4/c1-11(2,3)10-7(5-16)19-6-17-8(12(13,14)15)4-9(19)18-10/h4,6H,1-3H3. The second-order valence-corrected chi connectivity index (χ2v) is 5.17. The van der Waals surface area contributed by atoms with Gasteiger partial charge in [-0.05, 0) is 0 Å². The molecule has 0 spiro atoms. The van der Waals surface area contributed by atoms with Gasteiger partial charge in [0.25, 0.3) is 0 Å². The van der Waals surface area contributed by atoms with E-state index in [0.29, 0.717) is 5.69 Å². The maximum Gasteiger partial charge on any atom is 0.433 e. The third-order valence-electron chi connectivity index (χ3n) is 2.62. The number of nitriles is 1. The molecule has 0 radical (unpaired) electrons. The highest BCUT2D eigenvalue weighted by molar-refractivity contribution is 5.49. The van der Waals surface area contributed by atoms with Crippen LogP contribution in [0, 0.1) is 11.3 Å². The summed E-state index contributed by atoms with van der Waals surface area (Å²) in [5, 5.41) is 9.14. The number of imidazole rings is 1. The first-order valence-corrected chi connectivity index (χ1v) is 5.50. The molecule has 0 amide bonds. The number of rotatable bonds is 0. The Labute approximate surface area is 107 Å². The van der Waals surface area contributed by atoms with Crippen molar-refractivity contribution in [1.29, 1.82) is 5.26 Å². The number of fused-ring (bicyclic) bond motifs is 1. The lowest BCUT2D eigenvalue weighted by Gasteiger charge is -2.14.